The van der Waals surface area contributed by atoms with Gasteiger partial charge in [-0.05, 0) is 48.6 Å². The third kappa shape index (κ3) is 4.30. The zero-order valence-corrected chi connectivity index (χ0v) is 17.5. The molecule has 0 spiro atoms. The van der Waals surface area contributed by atoms with Gasteiger partial charge in [-0.1, -0.05) is 6.07 Å². The first-order chi connectivity index (χ1) is 13.4. The van der Waals surface area contributed by atoms with E-state index in [0.717, 1.165) is 28.8 Å². The van der Waals surface area contributed by atoms with Crippen molar-refractivity contribution in [3.8, 4) is 11.5 Å². The van der Waals surface area contributed by atoms with Crippen LogP contribution in [0.3, 0.4) is 0 Å². The van der Waals surface area contributed by atoms with Crippen molar-refractivity contribution in [1.29, 1.82) is 0 Å². The molecule has 7 heteroatoms. The summed E-state index contributed by atoms with van der Waals surface area (Å²) in [6, 6.07) is 7.58. The van der Waals surface area contributed by atoms with Gasteiger partial charge in [-0.2, -0.15) is 0 Å². The molecule has 6 nitrogen and oxygen atoms in total. The van der Waals surface area contributed by atoms with E-state index in [2.05, 4.69) is 5.32 Å². The van der Waals surface area contributed by atoms with E-state index in [1.54, 1.807) is 44.6 Å². The van der Waals surface area contributed by atoms with Gasteiger partial charge in [-0.3, -0.25) is 9.59 Å². The number of fused-ring (bicyclic) bond motifs is 1. The molecule has 0 aliphatic heterocycles. The molecule has 28 heavy (non-hydrogen) atoms. The Kier molecular flexibility index (Phi) is 6.24. The SMILES string of the molecule is COc1ccc(CNC(=O)[C@H]2CCc3sc(C(=O)N(C)C)cc3C2)cc1OC. The fraction of sp³-hybridized carbons (Fsp3) is 0.429. The molecule has 2 amide bonds. The van der Waals surface area contributed by atoms with Gasteiger partial charge >= 0.3 is 0 Å². The third-order valence-corrected chi connectivity index (χ3v) is 6.21. The number of carbonyl (C=O) groups is 2. The minimum Gasteiger partial charge on any atom is -0.493 e. The van der Waals surface area contributed by atoms with Crippen LogP contribution in [0, 0.1) is 5.92 Å². The van der Waals surface area contributed by atoms with Crippen molar-refractivity contribution in [2.24, 2.45) is 5.92 Å². The number of hydrogen-bond donors (Lipinski definition) is 1. The summed E-state index contributed by atoms with van der Waals surface area (Å²) in [6.07, 6.45) is 2.33. The molecule has 0 radical (unpaired) electrons. The second-order valence-electron chi connectivity index (χ2n) is 7.11. The average molecular weight is 403 g/mol. The van der Waals surface area contributed by atoms with Crippen LogP contribution < -0.4 is 14.8 Å². The third-order valence-electron chi connectivity index (χ3n) is 4.99. The molecule has 1 aromatic carbocycles. The van der Waals surface area contributed by atoms with Crippen LogP contribution in [0.15, 0.2) is 24.3 Å². The molecule has 0 saturated carbocycles. The zero-order chi connectivity index (χ0) is 20.3. The van der Waals surface area contributed by atoms with Crippen LogP contribution in [0.4, 0.5) is 0 Å². The largest absolute Gasteiger partial charge is 0.493 e. The van der Waals surface area contributed by atoms with Gasteiger partial charge in [0.15, 0.2) is 11.5 Å². The summed E-state index contributed by atoms with van der Waals surface area (Å²) in [7, 11) is 6.70. The molecule has 2 aromatic rings. The predicted molar refractivity (Wildman–Crippen MR) is 109 cm³/mol. The molecular formula is C21H26N2O4S. The lowest BCUT2D eigenvalue weighted by Crippen LogP contribution is -2.33. The van der Waals surface area contributed by atoms with Gasteiger partial charge in [-0.25, -0.2) is 0 Å². The number of rotatable bonds is 6. The summed E-state index contributed by atoms with van der Waals surface area (Å²) in [4.78, 5) is 28.4. The lowest BCUT2D eigenvalue weighted by Gasteiger charge is -2.21. The number of carbonyl (C=O) groups excluding carboxylic acids is 2. The summed E-state index contributed by atoms with van der Waals surface area (Å²) < 4.78 is 10.6. The van der Waals surface area contributed by atoms with E-state index in [1.165, 1.54) is 4.88 Å². The summed E-state index contributed by atoms with van der Waals surface area (Å²) in [5, 5.41) is 3.03. The molecule has 0 saturated heterocycles. The van der Waals surface area contributed by atoms with E-state index in [-0.39, 0.29) is 17.7 Å². The summed E-state index contributed by atoms with van der Waals surface area (Å²) in [6.45, 7) is 0.441. The number of nitrogens with zero attached hydrogens (tertiary/aromatic N) is 1. The van der Waals surface area contributed by atoms with Gasteiger partial charge in [0, 0.05) is 31.4 Å². The highest BCUT2D eigenvalue weighted by molar-refractivity contribution is 7.14. The molecule has 1 atom stereocenters. The predicted octanol–water partition coefficient (Wildman–Crippen LogP) is 2.89. The highest BCUT2D eigenvalue weighted by atomic mass is 32.1. The maximum atomic E-state index is 12.7. The topological polar surface area (TPSA) is 67.9 Å². The number of thiophene rings is 1. The Morgan fingerprint density at radius 3 is 2.61 bits per heavy atom. The Morgan fingerprint density at radius 1 is 1.18 bits per heavy atom. The van der Waals surface area contributed by atoms with E-state index in [1.807, 2.05) is 24.3 Å². The van der Waals surface area contributed by atoms with E-state index in [0.29, 0.717) is 24.5 Å². The molecular weight excluding hydrogens is 376 g/mol. The Hall–Kier alpha value is -2.54. The monoisotopic (exact) mass is 402 g/mol. The fourth-order valence-electron chi connectivity index (χ4n) is 3.40. The molecule has 0 bridgehead atoms. The van der Waals surface area contributed by atoms with Crippen LogP contribution in [0.25, 0.3) is 0 Å². The molecule has 150 valence electrons. The zero-order valence-electron chi connectivity index (χ0n) is 16.7. The van der Waals surface area contributed by atoms with Gasteiger partial charge in [0.05, 0.1) is 19.1 Å². The number of benzene rings is 1. The standard InChI is InChI=1S/C21H26N2O4S/c1-23(2)21(25)19-11-15-10-14(6-8-18(15)28-19)20(24)22-12-13-5-7-16(26-3)17(9-13)27-4/h5,7,9,11,14H,6,8,10,12H2,1-4H3,(H,22,24)/t14-/m0/s1. The molecule has 1 heterocycles. The second kappa shape index (κ2) is 8.65. The van der Waals surface area contributed by atoms with Crippen LogP contribution in [-0.2, 0) is 24.2 Å². The number of ether oxygens (including phenoxy) is 2. The summed E-state index contributed by atoms with van der Waals surface area (Å²) in [5.41, 5.74) is 2.09. The first-order valence-electron chi connectivity index (χ1n) is 9.24. The minimum atomic E-state index is -0.0652. The maximum absolute atomic E-state index is 12.7. The summed E-state index contributed by atoms with van der Waals surface area (Å²) in [5.74, 6) is 1.32. The number of methoxy groups -OCH3 is 2. The fourth-order valence-corrected chi connectivity index (χ4v) is 4.63. The molecule has 3 rings (SSSR count). The first kappa shape index (κ1) is 20.2. The lowest BCUT2D eigenvalue weighted by molar-refractivity contribution is -0.125. The number of hydrogen-bond acceptors (Lipinski definition) is 5. The Morgan fingerprint density at radius 2 is 1.93 bits per heavy atom. The van der Waals surface area contributed by atoms with Crippen molar-refractivity contribution >= 4 is 23.2 Å². The number of nitrogens with one attached hydrogen (secondary N) is 1. The van der Waals surface area contributed by atoms with Crippen LogP contribution >= 0.6 is 11.3 Å². The highest BCUT2D eigenvalue weighted by Crippen LogP contribution is 2.33. The average Bonchev–Trinajstić information content (AvgIpc) is 3.14. The van der Waals surface area contributed by atoms with E-state index >= 15 is 0 Å². The van der Waals surface area contributed by atoms with Crippen molar-refractivity contribution < 1.29 is 19.1 Å². The summed E-state index contributed by atoms with van der Waals surface area (Å²) >= 11 is 1.55. The van der Waals surface area contributed by atoms with E-state index in [9.17, 15) is 9.59 Å². The molecule has 1 aromatic heterocycles. The smallest absolute Gasteiger partial charge is 0.263 e. The van der Waals surface area contributed by atoms with Gasteiger partial charge in [0.2, 0.25) is 5.91 Å². The Balaban J connectivity index is 1.61. The molecule has 1 aliphatic rings. The van der Waals surface area contributed by atoms with Crippen LogP contribution in [0.5, 0.6) is 11.5 Å². The van der Waals surface area contributed by atoms with Crippen LogP contribution in [-0.4, -0.2) is 45.0 Å². The Labute approximate surface area is 169 Å². The van der Waals surface area contributed by atoms with Crippen molar-refractivity contribution in [2.45, 2.75) is 25.8 Å². The van der Waals surface area contributed by atoms with E-state index in [4.69, 9.17) is 9.47 Å². The molecule has 1 N–H and O–H groups in total. The van der Waals surface area contributed by atoms with Crippen LogP contribution in [0.1, 0.15) is 32.1 Å². The molecule has 0 fully saturated rings. The number of aryl methyl sites for hydroxylation is 1. The first-order valence-corrected chi connectivity index (χ1v) is 10.1. The number of amides is 2. The lowest BCUT2D eigenvalue weighted by atomic mass is 9.87. The second-order valence-corrected chi connectivity index (χ2v) is 8.24. The molecule has 0 unspecified atom stereocenters. The van der Waals surface area contributed by atoms with Gasteiger partial charge in [-0.15, -0.1) is 11.3 Å². The van der Waals surface area contributed by atoms with Gasteiger partial charge < -0.3 is 19.7 Å². The van der Waals surface area contributed by atoms with Crippen molar-refractivity contribution in [2.75, 3.05) is 28.3 Å². The minimum absolute atomic E-state index is 0.0221. The Bertz CT molecular complexity index is 875. The molecule has 1 aliphatic carbocycles. The van der Waals surface area contributed by atoms with Crippen molar-refractivity contribution in [3.63, 3.8) is 0 Å². The maximum Gasteiger partial charge on any atom is 0.263 e. The highest BCUT2D eigenvalue weighted by Gasteiger charge is 2.27. The van der Waals surface area contributed by atoms with Gasteiger partial charge in [0.25, 0.3) is 5.91 Å². The van der Waals surface area contributed by atoms with E-state index < -0.39 is 0 Å². The normalized spacial score (nSPS) is 15.5. The van der Waals surface area contributed by atoms with Crippen molar-refractivity contribution in [3.05, 3.63) is 45.1 Å². The van der Waals surface area contributed by atoms with Gasteiger partial charge in [0.1, 0.15) is 0 Å². The van der Waals surface area contributed by atoms with Crippen LogP contribution in [0.2, 0.25) is 0 Å². The quantitative estimate of drug-likeness (QED) is 0.807. The van der Waals surface area contributed by atoms with Crippen molar-refractivity contribution in [1.82, 2.24) is 10.2 Å².